The lowest BCUT2D eigenvalue weighted by Crippen LogP contribution is -2.45. The monoisotopic (exact) mass is 397 g/mol. The van der Waals surface area contributed by atoms with Crippen LogP contribution in [-0.4, -0.2) is 46.1 Å². The molecular weight excluding hydrogens is 374 g/mol. The van der Waals surface area contributed by atoms with Gasteiger partial charge in [0.1, 0.15) is 5.75 Å². The van der Waals surface area contributed by atoms with Crippen LogP contribution in [0.1, 0.15) is 28.8 Å². The van der Waals surface area contributed by atoms with Crippen molar-refractivity contribution in [2.75, 3.05) is 18.4 Å². The van der Waals surface area contributed by atoms with Crippen LogP contribution in [0, 0.1) is 5.92 Å². The van der Waals surface area contributed by atoms with Gasteiger partial charge in [-0.05, 0) is 42.7 Å². The number of phenolic OH excluding ortho intramolecular Hbond substituents is 1. The smallest absolute Gasteiger partial charge is 0.335 e. The predicted molar refractivity (Wildman–Crippen MR) is 107 cm³/mol. The van der Waals surface area contributed by atoms with Gasteiger partial charge < -0.3 is 25.7 Å². The van der Waals surface area contributed by atoms with Crippen molar-refractivity contribution in [2.24, 2.45) is 5.92 Å². The molecule has 1 heterocycles. The maximum absolute atomic E-state index is 12.4. The number of phenols is 1. The number of likely N-dealkylation sites (tertiary alicyclic amines) is 1. The number of rotatable bonds is 5. The number of benzene rings is 2. The molecule has 2 aromatic carbocycles. The fourth-order valence-corrected chi connectivity index (χ4v) is 3.21. The lowest BCUT2D eigenvalue weighted by molar-refractivity contribution is -0.121. The maximum atomic E-state index is 12.4. The molecular formula is C21H23N3O5. The first kappa shape index (κ1) is 20.2. The number of carboxylic acid groups (broad SMARTS) is 1. The zero-order valence-corrected chi connectivity index (χ0v) is 15.8. The fraction of sp³-hybridized carbons (Fsp3) is 0.286. The Bertz CT molecular complexity index is 889. The van der Waals surface area contributed by atoms with E-state index in [1.165, 1.54) is 18.2 Å². The molecule has 8 nitrogen and oxygen atoms in total. The Labute approximate surface area is 168 Å². The Morgan fingerprint density at radius 2 is 1.66 bits per heavy atom. The summed E-state index contributed by atoms with van der Waals surface area (Å²) in [6, 6.07) is 12.7. The summed E-state index contributed by atoms with van der Waals surface area (Å²) in [5.74, 6) is -1.35. The zero-order valence-electron chi connectivity index (χ0n) is 15.8. The summed E-state index contributed by atoms with van der Waals surface area (Å²) in [4.78, 5) is 37.3. The molecule has 1 fully saturated rings. The quantitative estimate of drug-likeness (QED) is 0.579. The number of carbonyl (C=O) groups is 3. The highest BCUT2D eigenvalue weighted by Gasteiger charge is 2.27. The number of aromatic carboxylic acids is 1. The Balaban J connectivity index is 1.45. The van der Waals surface area contributed by atoms with Crippen LogP contribution in [0.3, 0.4) is 0 Å². The number of piperidine rings is 1. The van der Waals surface area contributed by atoms with E-state index in [9.17, 15) is 19.5 Å². The van der Waals surface area contributed by atoms with Gasteiger partial charge in [-0.25, -0.2) is 9.59 Å². The second-order valence-electron chi connectivity index (χ2n) is 6.93. The third kappa shape index (κ3) is 5.25. The van der Waals surface area contributed by atoms with E-state index in [-0.39, 0.29) is 29.2 Å². The number of carboxylic acids is 1. The number of nitrogens with one attached hydrogen (secondary N) is 2. The number of nitrogens with zero attached hydrogens (tertiary/aromatic N) is 1. The molecule has 152 valence electrons. The van der Waals surface area contributed by atoms with Gasteiger partial charge in [0.25, 0.3) is 0 Å². The predicted octanol–water partition coefficient (Wildman–Crippen LogP) is 2.65. The number of carbonyl (C=O) groups excluding carboxylic acids is 2. The topological polar surface area (TPSA) is 119 Å². The summed E-state index contributed by atoms with van der Waals surface area (Å²) >= 11 is 0. The molecule has 29 heavy (non-hydrogen) atoms. The van der Waals surface area contributed by atoms with Crippen LogP contribution in [0.15, 0.2) is 48.5 Å². The lowest BCUT2D eigenvalue weighted by atomic mass is 9.96. The molecule has 1 aliphatic rings. The van der Waals surface area contributed by atoms with Crippen LogP contribution in [0.25, 0.3) is 0 Å². The summed E-state index contributed by atoms with van der Waals surface area (Å²) in [7, 11) is 0. The molecule has 0 radical (unpaired) electrons. The molecule has 0 atom stereocenters. The van der Waals surface area contributed by atoms with E-state index in [2.05, 4.69) is 10.6 Å². The van der Waals surface area contributed by atoms with E-state index >= 15 is 0 Å². The highest BCUT2D eigenvalue weighted by molar-refractivity contribution is 5.94. The molecule has 1 aliphatic heterocycles. The zero-order chi connectivity index (χ0) is 20.8. The third-order valence-corrected chi connectivity index (χ3v) is 4.96. The summed E-state index contributed by atoms with van der Waals surface area (Å²) in [5.41, 5.74) is 1.39. The standard InChI is InChI=1S/C21H23N3O5/c25-18-4-2-1-3-17(18)23-19(26)15-9-11-24(12-10-15)21(29)22-13-14-5-7-16(8-6-14)20(27)28/h1-8,15,25H,9-13H2,(H,22,29)(H,23,26)(H,27,28). The second-order valence-corrected chi connectivity index (χ2v) is 6.93. The number of para-hydroxylation sites is 2. The Hall–Kier alpha value is -3.55. The average Bonchev–Trinajstić information content (AvgIpc) is 2.74. The van der Waals surface area contributed by atoms with Gasteiger partial charge >= 0.3 is 12.0 Å². The lowest BCUT2D eigenvalue weighted by Gasteiger charge is -2.31. The Morgan fingerprint density at radius 3 is 2.28 bits per heavy atom. The van der Waals surface area contributed by atoms with Gasteiger partial charge in [0.05, 0.1) is 11.3 Å². The Morgan fingerprint density at radius 1 is 1.00 bits per heavy atom. The van der Waals surface area contributed by atoms with Crippen LogP contribution < -0.4 is 10.6 Å². The third-order valence-electron chi connectivity index (χ3n) is 4.96. The summed E-state index contributed by atoms with van der Waals surface area (Å²) in [6.45, 7) is 1.22. The molecule has 0 spiro atoms. The van der Waals surface area contributed by atoms with E-state index in [0.29, 0.717) is 38.2 Å². The molecule has 0 aliphatic carbocycles. The molecule has 4 N–H and O–H groups in total. The minimum absolute atomic E-state index is 0.0223. The number of amides is 3. The van der Waals surface area contributed by atoms with Crippen LogP contribution in [0.5, 0.6) is 5.75 Å². The number of urea groups is 1. The van der Waals surface area contributed by atoms with Crippen LogP contribution >= 0.6 is 0 Å². The van der Waals surface area contributed by atoms with E-state index in [1.807, 2.05) is 0 Å². The van der Waals surface area contributed by atoms with Gasteiger partial charge in [-0.1, -0.05) is 24.3 Å². The largest absolute Gasteiger partial charge is 0.506 e. The van der Waals surface area contributed by atoms with Crippen molar-refractivity contribution in [3.63, 3.8) is 0 Å². The van der Waals surface area contributed by atoms with E-state index in [4.69, 9.17) is 5.11 Å². The average molecular weight is 397 g/mol. The van der Waals surface area contributed by atoms with Crippen LogP contribution in [-0.2, 0) is 11.3 Å². The number of aromatic hydroxyl groups is 1. The van der Waals surface area contributed by atoms with Gasteiger partial charge in [-0.15, -0.1) is 0 Å². The van der Waals surface area contributed by atoms with Crippen molar-refractivity contribution in [3.8, 4) is 5.75 Å². The first-order chi connectivity index (χ1) is 13.9. The molecule has 3 amide bonds. The van der Waals surface area contributed by atoms with E-state index < -0.39 is 5.97 Å². The van der Waals surface area contributed by atoms with Crippen molar-refractivity contribution in [3.05, 3.63) is 59.7 Å². The van der Waals surface area contributed by atoms with Crippen molar-refractivity contribution in [1.82, 2.24) is 10.2 Å². The van der Waals surface area contributed by atoms with Gasteiger partial charge in [-0.2, -0.15) is 0 Å². The molecule has 1 saturated heterocycles. The highest BCUT2D eigenvalue weighted by Crippen LogP contribution is 2.24. The molecule has 0 saturated carbocycles. The molecule has 2 aromatic rings. The molecule has 0 bridgehead atoms. The van der Waals surface area contributed by atoms with Gasteiger partial charge in [0.15, 0.2) is 0 Å². The number of hydrogen-bond donors (Lipinski definition) is 4. The molecule has 8 heteroatoms. The van der Waals surface area contributed by atoms with Gasteiger partial charge in [-0.3, -0.25) is 4.79 Å². The summed E-state index contributed by atoms with van der Waals surface area (Å²) < 4.78 is 0. The minimum Gasteiger partial charge on any atom is -0.506 e. The first-order valence-electron chi connectivity index (χ1n) is 9.38. The maximum Gasteiger partial charge on any atom is 0.335 e. The van der Waals surface area contributed by atoms with E-state index in [1.54, 1.807) is 35.2 Å². The fourth-order valence-electron chi connectivity index (χ4n) is 3.21. The molecule has 3 rings (SSSR count). The van der Waals surface area contributed by atoms with Crippen molar-refractivity contribution < 1.29 is 24.6 Å². The minimum atomic E-state index is -0.991. The molecule has 0 aromatic heterocycles. The Kier molecular flexibility index (Phi) is 6.33. The first-order valence-corrected chi connectivity index (χ1v) is 9.38. The SMILES string of the molecule is O=C(O)c1ccc(CNC(=O)N2CCC(C(=O)Nc3ccccc3O)CC2)cc1. The summed E-state index contributed by atoms with van der Waals surface area (Å²) in [6.07, 6.45) is 1.08. The van der Waals surface area contributed by atoms with Crippen LogP contribution in [0.2, 0.25) is 0 Å². The summed E-state index contributed by atoms with van der Waals surface area (Å²) in [5, 5.41) is 24.2. The van der Waals surface area contributed by atoms with Crippen molar-refractivity contribution in [2.45, 2.75) is 19.4 Å². The number of anilines is 1. The molecule has 0 unspecified atom stereocenters. The normalized spacial score (nSPS) is 14.3. The van der Waals surface area contributed by atoms with E-state index in [0.717, 1.165) is 5.56 Å². The van der Waals surface area contributed by atoms with Gasteiger partial charge in [0.2, 0.25) is 5.91 Å². The highest BCUT2D eigenvalue weighted by atomic mass is 16.4. The van der Waals surface area contributed by atoms with Gasteiger partial charge in [0, 0.05) is 25.6 Å². The second kappa shape index (κ2) is 9.09. The van der Waals surface area contributed by atoms with Crippen LogP contribution in [0.4, 0.5) is 10.5 Å². The van der Waals surface area contributed by atoms with Crippen molar-refractivity contribution >= 4 is 23.6 Å². The number of hydrogen-bond acceptors (Lipinski definition) is 4. The van der Waals surface area contributed by atoms with Crippen molar-refractivity contribution in [1.29, 1.82) is 0 Å².